The highest BCUT2D eigenvalue weighted by atomic mass is 31.2. The van der Waals surface area contributed by atoms with Gasteiger partial charge >= 0.3 is 13.8 Å². The van der Waals surface area contributed by atoms with Crippen molar-refractivity contribution >= 4 is 13.8 Å². The molecule has 0 heterocycles. The van der Waals surface area contributed by atoms with Crippen molar-refractivity contribution in [3.05, 3.63) is 48.6 Å². The molecule has 0 saturated heterocycles. The second-order valence-corrected chi connectivity index (χ2v) is 19.3. The molecule has 0 amide bonds. The fourth-order valence-electron chi connectivity index (χ4n) is 6.84. The van der Waals surface area contributed by atoms with E-state index in [2.05, 4.69) is 62.5 Å². The number of unbranched alkanes of at least 4 members (excludes halogenated alkanes) is 24. The molecule has 2 unspecified atom stereocenters. The first-order valence-corrected chi connectivity index (χ1v) is 26.4. The largest absolute Gasteiger partial charge is 0.472 e. The average molecular weight is 867 g/mol. The lowest BCUT2D eigenvalue weighted by Gasteiger charge is -2.24. The van der Waals surface area contributed by atoms with E-state index in [1.165, 1.54) is 122 Å². The van der Waals surface area contributed by atoms with Crippen LogP contribution in [0.1, 0.15) is 213 Å². The number of allylic oxidation sites excluding steroid dienone is 8. The van der Waals surface area contributed by atoms with Gasteiger partial charge in [0.25, 0.3) is 0 Å². The number of phosphoric acid groups is 1. The first-order chi connectivity index (χ1) is 29.1. The number of phosphoric ester groups is 1. The van der Waals surface area contributed by atoms with Crippen molar-refractivity contribution in [2.75, 3.05) is 54.1 Å². The number of hydrogen-bond acceptors (Lipinski definition) is 6. The third-order valence-corrected chi connectivity index (χ3v) is 11.6. The van der Waals surface area contributed by atoms with Gasteiger partial charge in [-0.3, -0.25) is 13.8 Å². The molecule has 0 aliphatic carbocycles. The number of nitrogens with zero attached hydrogens (tertiary/aromatic N) is 1. The van der Waals surface area contributed by atoms with Crippen LogP contribution in [-0.2, 0) is 27.9 Å². The third-order valence-electron chi connectivity index (χ3n) is 10.7. The summed E-state index contributed by atoms with van der Waals surface area (Å²) in [4.78, 5) is 23.0. The first-order valence-electron chi connectivity index (χ1n) is 24.9. The van der Waals surface area contributed by atoms with Crippen LogP contribution in [0.2, 0.25) is 0 Å². The minimum Gasteiger partial charge on any atom is -0.457 e. The summed E-state index contributed by atoms with van der Waals surface area (Å²) in [5.41, 5.74) is 0. The third kappa shape index (κ3) is 47.5. The monoisotopic (exact) mass is 867 g/mol. The summed E-state index contributed by atoms with van der Waals surface area (Å²) in [5, 5.41) is 0. The minimum absolute atomic E-state index is 0.0844. The van der Waals surface area contributed by atoms with Crippen molar-refractivity contribution in [3.8, 4) is 0 Å². The lowest BCUT2D eigenvalue weighted by atomic mass is 10.0. The molecule has 0 rings (SSSR count). The molecule has 0 saturated carbocycles. The molecule has 0 aliphatic rings. The minimum atomic E-state index is -4.28. The van der Waals surface area contributed by atoms with Gasteiger partial charge in [0.15, 0.2) is 0 Å². The Morgan fingerprint density at radius 1 is 0.533 bits per heavy atom. The number of esters is 1. The molecule has 352 valence electrons. The van der Waals surface area contributed by atoms with Crippen LogP contribution in [-0.4, -0.2) is 75.6 Å². The number of quaternary nitrogens is 1. The summed E-state index contributed by atoms with van der Waals surface area (Å²) in [5.74, 6) is -0.318. The summed E-state index contributed by atoms with van der Waals surface area (Å²) in [6.45, 7) is 5.49. The molecule has 9 heteroatoms. The zero-order valence-corrected chi connectivity index (χ0v) is 40.8. The Balaban J connectivity index is 4.18. The van der Waals surface area contributed by atoms with Gasteiger partial charge in [0.2, 0.25) is 0 Å². The SMILES string of the molecule is CC/C=C\C/C=C\C/C=C\C/C=C\CCCCCCCOCC(COP(=O)(O)OCC[N+](C)(C)C)OC(=O)CCCCCCCCCCCCCCCCCCCCCC. The van der Waals surface area contributed by atoms with Crippen molar-refractivity contribution in [1.29, 1.82) is 0 Å². The van der Waals surface area contributed by atoms with E-state index >= 15 is 0 Å². The summed E-state index contributed by atoms with van der Waals surface area (Å²) in [6.07, 6.45) is 54.4. The van der Waals surface area contributed by atoms with E-state index in [9.17, 15) is 14.3 Å². The number of carbonyl (C=O) groups is 1. The van der Waals surface area contributed by atoms with Gasteiger partial charge in [-0.1, -0.05) is 204 Å². The topological polar surface area (TPSA) is 91.3 Å². The quantitative estimate of drug-likeness (QED) is 0.0214. The van der Waals surface area contributed by atoms with Gasteiger partial charge in [0.1, 0.15) is 19.3 Å². The maximum atomic E-state index is 12.8. The molecule has 0 aromatic carbocycles. The molecule has 0 spiro atoms. The van der Waals surface area contributed by atoms with Gasteiger partial charge in [-0.05, 0) is 51.4 Å². The lowest BCUT2D eigenvalue weighted by Crippen LogP contribution is -2.37. The molecule has 2 atom stereocenters. The van der Waals surface area contributed by atoms with Crippen LogP contribution < -0.4 is 0 Å². The fourth-order valence-corrected chi connectivity index (χ4v) is 7.58. The Hall–Kier alpha value is -1.54. The van der Waals surface area contributed by atoms with Crippen molar-refractivity contribution in [3.63, 3.8) is 0 Å². The maximum absolute atomic E-state index is 12.8. The van der Waals surface area contributed by atoms with E-state index in [1.807, 2.05) is 21.1 Å². The predicted molar refractivity (Wildman–Crippen MR) is 256 cm³/mol. The highest BCUT2D eigenvalue weighted by Gasteiger charge is 2.26. The lowest BCUT2D eigenvalue weighted by molar-refractivity contribution is -0.870. The number of rotatable bonds is 46. The van der Waals surface area contributed by atoms with E-state index in [1.54, 1.807) is 0 Å². The molecular formula is C51H97NO7P+. The van der Waals surface area contributed by atoms with E-state index < -0.39 is 13.9 Å². The number of ether oxygens (including phenoxy) is 2. The molecule has 1 N–H and O–H groups in total. The van der Waals surface area contributed by atoms with E-state index in [0.29, 0.717) is 24.1 Å². The van der Waals surface area contributed by atoms with Gasteiger partial charge in [-0.25, -0.2) is 4.57 Å². The van der Waals surface area contributed by atoms with E-state index in [4.69, 9.17) is 18.5 Å². The Morgan fingerprint density at radius 2 is 0.967 bits per heavy atom. The molecule has 60 heavy (non-hydrogen) atoms. The zero-order valence-electron chi connectivity index (χ0n) is 39.9. The van der Waals surface area contributed by atoms with Crippen molar-refractivity contribution < 1.29 is 37.3 Å². The normalized spacial score (nSPS) is 14.0. The number of likely N-dealkylation sites (N-methyl/N-ethyl adjacent to an activating group) is 1. The number of carbonyl (C=O) groups excluding carboxylic acids is 1. The van der Waals surface area contributed by atoms with Gasteiger partial charge in [-0.2, -0.15) is 0 Å². The second-order valence-electron chi connectivity index (χ2n) is 17.8. The molecule has 0 bridgehead atoms. The van der Waals surface area contributed by atoms with E-state index in [0.717, 1.165) is 70.6 Å². The average Bonchev–Trinajstić information content (AvgIpc) is 3.20. The summed E-state index contributed by atoms with van der Waals surface area (Å²) in [7, 11) is 1.66. The van der Waals surface area contributed by atoms with Crippen LogP contribution in [0.3, 0.4) is 0 Å². The Bertz CT molecular complexity index is 1100. The van der Waals surface area contributed by atoms with Crippen LogP contribution in [0.5, 0.6) is 0 Å². The highest BCUT2D eigenvalue weighted by Crippen LogP contribution is 2.43. The smallest absolute Gasteiger partial charge is 0.457 e. The molecule has 0 radical (unpaired) electrons. The van der Waals surface area contributed by atoms with Crippen LogP contribution in [0.4, 0.5) is 0 Å². The van der Waals surface area contributed by atoms with Gasteiger partial charge in [0.05, 0.1) is 34.4 Å². The van der Waals surface area contributed by atoms with Gasteiger partial charge in [0, 0.05) is 13.0 Å². The Morgan fingerprint density at radius 3 is 1.45 bits per heavy atom. The Labute approximate surface area is 371 Å². The van der Waals surface area contributed by atoms with Crippen LogP contribution in [0.25, 0.3) is 0 Å². The zero-order chi connectivity index (χ0) is 44.1. The highest BCUT2D eigenvalue weighted by molar-refractivity contribution is 7.47. The van der Waals surface area contributed by atoms with E-state index in [-0.39, 0.29) is 25.8 Å². The molecular weight excluding hydrogens is 770 g/mol. The predicted octanol–water partition coefficient (Wildman–Crippen LogP) is 15.1. The molecule has 0 aliphatic heterocycles. The van der Waals surface area contributed by atoms with Crippen LogP contribution >= 0.6 is 7.82 Å². The van der Waals surface area contributed by atoms with Crippen LogP contribution in [0, 0.1) is 0 Å². The van der Waals surface area contributed by atoms with Crippen molar-refractivity contribution in [2.24, 2.45) is 0 Å². The standard InChI is InChI=1S/C51H96NO7P/c1-6-8-10-12-14-16-18-20-22-24-26-27-28-30-32-34-36-38-40-42-44-51(53)59-50(49-58-60(54,55)57-47-45-52(3,4)5)48-56-46-43-41-39-37-35-33-31-29-25-23-21-19-17-15-13-11-9-7-2/h9,11,15,17,21,23,29,31,50H,6-8,10,12-14,16,18-20,22,24-28,30,32-49H2,1-5H3/p+1/b11-9-,17-15-,23-21-,31-29-. The molecule has 0 fully saturated rings. The van der Waals surface area contributed by atoms with Gasteiger partial charge < -0.3 is 18.9 Å². The maximum Gasteiger partial charge on any atom is 0.472 e. The number of hydrogen-bond donors (Lipinski definition) is 1. The summed E-state index contributed by atoms with van der Waals surface area (Å²) in [6, 6.07) is 0. The summed E-state index contributed by atoms with van der Waals surface area (Å²) >= 11 is 0. The summed E-state index contributed by atoms with van der Waals surface area (Å²) < 4.78 is 35.1. The molecule has 8 nitrogen and oxygen atoms in total. The fraction of sp³-hybridized carbons (Fsp3) is 0.824. The second kappa shape index (κ2) is 44.1. The molecule has 0 aromatic heterocycles. The van der Waals surface area contributed by atoms with Crippen molar-refractivity contribution in [1.82, 2.24) is 0 Å². The van der Waals surface area contributed by atoms with Gasteiger partial charge in [-0.15, -0.1) is 0 Å². The first kappa shape index (κ1) is 58.5. The van der Waals surface area contributed by atoms with Crippen LogP contribution in [0.15, 0.2) is 48.6 Å². The van der Waals surface area contributed by atoms with Crippen molar-refractivity contribution in [2.45, 2.75) is 219 Å². The Kier molecular flexibility index (Phi) is 43.0. The molecule has 0 aromatic rings.